The number of esters is 1. The van der Waals surface area contributed by atoms with Gasteiger partial charge in [0.25, 0.3) is 0 Å². The van der Waals surface area contributed by atoms with E-state index in [0.29, 0.717) is 13.0 Å². The van der Waals surface area contributed by atoms with Crippen molar-refractivity contribution in [1.82, 2.24) is 0 Å². The summed E-state index contributed by atoms with van der Waals surface area (Å²) in [5.74, 6) is -1.11. The minimum atomic E-state index is -0.589. The number of allylic oxidation sites excluding steroid dienone is 4. The summed E-state index contributed by atoms with van der Waals surface area (Å²) in [5, 5.41) is 0. The first kappa shape index (κ1) is 11.7. The van der Waals surface area contributed by atoms with Crippen LogP contribution in [0.3, 0.4) is 0 Å². The fraction of sp³-hybridized carbons (Fsp3) is 0.500. The van der Waals surface area contributed by atoms with Crippen molar-refractivity contribution >= 4 is 11.8 Å². The Morgan fingerprint density at radius 1 is 1.40 bits per heavy atom. The molecular weight excluding hydrogens is 192 g/mol. The van der Waals surface area contributed by atoms with Crippen LogP contribution in [-0.2, 0) is 14.3 Å². The molecule has 1 fully saturated rings. The Hall–Kier alpha value is -1.38. The van der Waals surface area contributed by atoms with Crippen molar-refractivity contribution < 1.29 is 14.3 Å². The standard InChI is InChI=1S/C12H16O3/c1-2-3-4-8-11(13)10-7-5-6-9-15-12(10)14/h2-4,8,10H,5-7,9H2,1H3. The molecular formula is C12H16O3. The molecule has 1 heterocycles. The van der Waals surface area contributed by atoms with Gasteiger partial charge in [-0.3, -0.25) is 9.59 Å². The second kappa shape index (κ2) is 6.17. The summed E-state index contributed by atoms with van der Waals surface area (Å²) < 4.78 is 4.93. The van der Waals surface area contributed by atoms with Crippen LogP contribution in [0.15, 0.2) is 24.3 Å². The number of rotatable bonds is 3. The molecule has 0 aromatic rings. The summed E-state index contributed by atoms with van der Waals surface area (Å²) in [5.41, 5.74) is 0. The third kappa shape index (κ3) is 3.70. The molecule has 0 aromatic heterocycles. The predicted octanol–water partition coefficient (Wildman–Crippen LogP) is 2.03. The number of carbonyl (C=O) groups is 2. The Morgan fingerprint density at radius 3 is 2.93 bits per heavy atom. The van der Waals surface area contributed by atoms with Gasteiger partial charge in [-0.05, 0) is 32.3 Å². The van der Waals surface area contributed by atoms with Gasteiger partial charge < -0.3 is 4.74 Å². The maximum Gasteiger partial charge on any atom is 0.316 e. The average molecular weight is 208 g/mol. The van der Waals surface area contributed by atoms with E-state index in [1.54, 1.807) is 12.2 Å². The van der Waals surface area contributed by atoms with Gasteiger partial charge in [0.1, 0.15) is 5.92 Å². The Labute approximate surface area is 89.8 Å². The van der Waals surface area contributed by atoms with E-state index in [1.165, 1.54) is 6.08 Å². The number of cyclic esters (lactones) is 1. The number of hydrogen-bond donors (Lipinski definition) is 0. The van der Waals surface area contributed by atoms with Gasteiger partial charge >= 0.3 is 5.97 Å². The molecule has 3 nitrogen and oxygen atoms in total. The zero-order valence-electron chi connectivity index (χ0n) is 8.94. The smallest absolute Gasteiger partial charge is 0.316 e. The highest BCUT2D eigenvalue weighted by Crippen LogP contribution is 2.16. The molecule has 1 rings (SSSR count). The lowest BCUT2D eigenvalue weighted by atomic mass is 9.98. The molecule has 1 unspecified atom stereocenters. The largest absolute Gasteiger partial charge is 0.465 e. The minimum Gasteiger partial charge on any atom is -0.465 e. The van der Waals surface area contributed by atoms with Crippen LogP contribution in [0.4, 0.5) is 0 Å². The van der Waals surface area contributed by atoms with Crippen LogP contribution in [0.5, 0.6) is 0 Å². The Bertz CT molecular complexity index is 289. The van der Waals surface area contributed by atoms with Gasteiger partial charge in [0, 0.05) is 0 Å². The summed E-state index contributed by atoms with van der Waals surface area (Å²) in [7, 11) is 0. The van der Waals surface area contributed by atoms with Crippen LogP contribution >= 0.6 is 0 Å². The quantitative estimate of drug-likeness (QED) is 0.308. The summed E-state index contributed by atoms with van der Waals surface area (Å²) in [6.45, 7) is 2.32. The third-order valence-electron chi connectivity index (χ3n) is 2.32. The van der Waals surface area contributed by atoms with Crippen LogP contribution in [0.2, 0.25) is 0 Å². The zero-order valence-corrected chi connectivity index (χ0v) is 8.94. The Balaban J connectivity index is 2.59. The van der Waals surface area contributed by atoms with E-state index in [9.17, 15) is 9.59 Å². The SMILES string of the molecule is CC=CC=CC(=O)C1CCCCOC1=O. The molecule has 1 aliphatic rings. The van der Waals surface area contributed by atoms with Gasteiger partial charge in [-0.2, -0.15) is 0 Å². The van der Waals surface area contributed by atoms with E-state index in [2.05, 4.69) is 0 Å². The van der Waals surface area contributed by atoms with E-state index in [4.69, 9.17) is 4.74 Å². The molecule has 82 valence electrons. The van der Waals surface area contributed by atoms with Gasteiger partial charge in [0.2, 0.25) is 0 Å². The number of ether oxygens (including phenoxy) is 1. The lowest BCUT2D eigenvalue weighted by Crippen LogP contribution is -2.23. The molecule has 0 N–H and O–H groups in total. The van der Waals surface area contributed by atoms with Gasteiger partial charge in [-0.1, -0.05) is 18.2 Å². The lowest BCUT2D eigenvalue weighted by molar-refractivity contribution is -0.149. The Kier molecular flexibility index (Phi) is 4.81. The molecule has 0 bridgehead atoms. The van der Waals surface area contributed by atoms with Crippen molar-refractivity contribution in [2.75, 3.05) is 6.61 Å². The maximum atomic E-state index is 11.6. The Morgan fingerprint density at radius 2 is 2.20 bits per heavy atom. The van der Waals surface area contributed by atoms with E-state index < -0.39 is 5.92 Å². The zero-order chi connectivity index (χ0) is 11.1. The van der Waals surface area contributed by atoms with E-state index in [0.717, 1.165) is 12.8 Å². The molecule has 3 heteroatoms. The molecule has 0 amide bonds. The fourth-order valence-electron chi connectivity index (χ4n) is 1.48. The van der Waals surface area contributed by atoms with Crippen molar-refractivity contribution in [2.24, 2.45) is 5.92 Å². The van der Waals surface area contributed by atoms with Crippen LogP contribution in [0, 0.1) is 5.92 Å². The van der Waals surface area contributed by atoms with Crippen LogP contribution < -0.4 is 0 Å². The number of hydrogen-bond acceptors (Lipinski definition) is 3. The van der Waals surface area contributed by atoms with Crippen LogP contribution in [0.1, 0.15) is 26.2 Å². The highest BCUT2D eigenvalue weighted by molar-refractivity contribution is 6.05. The third-order valence-corrected chi connectivity index (χ3v) is 2.32. The molecule has 0 aromatic carbocycles. The molecule has 0 aliphatic carbocycles. The van der Waals surface area contributed by atoms with Crippen molar-refractivity contribution in [3.63, 3.8) is 0 Å². The highest BCUT2D eigenvalue weighted by Gasteiger charge is 2.27. The fourth-order valence-corrected chi connectivity index (χ4v) is 1.48. The average Bonchev–Trinajstić information content (AvgIpc) is 2.43. The first-order valence-corrected chi connectivity index (χ1v) is 5.25. The van der Waals surface area contributed by atoms with Gasteiger partial charge in [-0.15, -0.1) is 0 Å². The number of carbonyl (C=O) groups excluding carboxylic acids is 2. The second-order valence-electron chi connectivity index (χ2n) is 3.50. The van der Waals surface area contributed by atoms with Gasteiger partial charge in [0.15, 0.2) is 5.78 Å². The molecule has 0 saturated carbocycles. The first-order chi connectivity index (χ1) is 7.25. The van der Waals surface area contributed by atoms with E-state index in [1.807, 2.05) is 13.0 Å². The molecule has 0 spiro atoms. The summed E-state index contributed by atoms with van der Waals surface area (Å²) in [4.78, 5) is 23.0. The van der Waals surface area contributed by atoms with Crippen molar-refractivity contribution in [3.05, 3.63) is 24.3 Å². The van der Waals surface area contributed by atoms with Crippen molar-refractivity contribution in [3.8, 4) is 0 Å². The molecule has 0 radical (unpaired) electrons. The van der Waals surface area contributed by atoms with E-state index >= 15 is 0 Å². The molecule has 15 heavy (non-hydrogen) atoms. The number of ketones is 1. The lowest BCUT2D eigenvalue weighted by Gasteiger charge is -2.07. The first-order valence-electron chi connectivity index (χ1n) is 5.25. The summed E-state index contributed by atoms with van der Waals surface area (Å²) in [6.07, 6.45) is 9.03. The van der Waals surface area contributed by atoms with Crippen LogP contribution in [0.25, 0.3) is 0 Å². The van der Waals surface area contributed by atoms with Crippen molar-refractivity contribution in [2.45, 2.75) is 26.2 Å². The normalized spacial score (nSPS) is 23.0. The topological polar surface area (TPSA) is 43.4 Å². The highest BCUT2D eigenvalue weighted by atomic mass is 16.5. The molecule has 1 saturated heterocycles. The van der Waals surface area contributed by atoms with Gasteiger partial charge in [0.05, 0.1) is 6.61 Å². The predicted molar refractivity (Wildman–Crippen MR) is 57.3 cm³/mol. The summed E-state index contributed by atoms with van der Waals surface area (Å²) in [6, 6.07) is 0. The summed E-state index contributed by atoms with van der Waals surface area (Å²) >= 11 is 0. The molecule has 1 atom stereocenters. The minimum absolute atomic E-state index is 0.153. The maximum absolute atomic E-state index is 11.6. The monoisotopic (exact) mass is 208 g/mol. The van der Waals surface area contributed by atoms with Gasteiger partial charge in [-0.25, -0.2) is 0 Å². The molecule has 1 aliphatic heterocycles. The van der Waals surface area contributed by atoms with E-state index in [-0.39, 0.29) is 11.8 Å². The van der Waals surface area contributed by atoms with Crippen LogP contribution in [-0.4, -0.2) is 18.4 Å². The van der Waals surface area contributed by atoms with Crippen molar-refractivity contribution in [1.29, 1.82) is 0 Å². The second-order valence-corrected chi connectivity index (χ2v) is 3.50.